The van der Waals surface area contributed by atoms with E-state index in [1.807, 2.05) is 0 Å². The summed E-state index contributed by atoms with van der Waals surface area (Å²) < 4.78 is 0. The molecule has 0 spiro atoms. The van der Waals surface area contributed by atoms with E-state index in [4.69, 9.17) is 4.98 Å². The van der Waals surface area contributed by atoms with Crippen molar-refractivity contribution in [1.82, 2.24) is 4.98 Å². The van der Waals surface area contributed by atoms with Gasteiger partial charge in [0.05, 0.1) is 0 Å². The minimum Gasteiger partial charge on any atom is -0.292 e. The Balaban J connectivity index is 1.87. The van der Waals surface area contributed by atoms with Crippen LogP contribution in [-0.4, -0.2) is 10.8 Å². The molecule has 2 nitrogen and oxygen atoms in total. The first kappa shape index (κ1) is 10.7. The number of carbonyl (C=O) groups is 1. The summed E-state index contributed by atoms with van der Waals surface area (Å²) in [6, 6.07) is 2.32. The molecule has 0 N–H and O–H groups in total. The van der Waals surface area contributed by atoms with Crippen molar-refractivity contribution in [2.24, 2.45) is 11.3 Å². The van der Waals surface area contributed by atoms with Gasteiger partial charge in [0, 0.05) is 12.1 Å². The van der Waals surface area contributed by atoms with Crippen LogP contribution in [0.1, 0.15) is 66.3 Å². The zero-order valence-electron chi connectivity index (χ0n) is 11.1. The van der Waals surface area contributed by atoms with Gasteiger partial charge in [-0.3, -0.25) is 4.79 Å². The summed E-state index contributed by atoms with van der Waals surface area (Å²) >= 11 is 0. The van der Waals surface area contributed by atoms with E-state index >= 15 is 0 Å². The van der Waals surface area contributed by atoms with Crippen LogP contribution in [0.4, 0.5) is 0 Å². The third-order valence-corrected chi connectivity index (χ3v) is 5.61. The highest BCUT2D eigenvalue weighted by Gasteiger charge is 2.53. The lowest BCUT2D eigenvalue weighted by molar-refractivity contribution is 0.0167. The molecule has 0 aromatic carbocycles. The fourth-order valence-electron chi connectivity index (χ4n) is 4.19. The number of pyridine rings is 1. The molecule has 2 atom stereocenters. The van der Waals surface area contributed by atoms with Crippen molar-refractivity contribution in [3.63, 3.8) is 0 Å². The monoisotopic (exact) mass is 241 g/mol. The van der Waals surface area contributed by atoms with Crippen molar-refractivity contribution in [1.29, 1.82) is 0 Å². The molecule has 1 aromatic rings. The Morgan fingerprint density at radius 1 is 1.33 bits per heavy atom. The van der Waals surface area contributed by atoms with E-state index < -0.39 is 0 Å². The molecule has 0 amide bonds. The number of aryl methyl sites for hydroxylation is 1. The maximum atomic E-state index is 11.9. The number of fused-ring (bicyclic) bond motifs is 1. The van der Waals surface area contributed by atoms with Gasteiger partial charge in [-0.05, 0) is 54.1 Å². The van der Waals surface area contributed by atoms with Crippen LogP contribution in [0.2, 0.25) is 0 Å². The van der Waals surface area contributed by atoms with Crippen LogP contribution >= 0.6 is 0 Å². The van der Waals surface area contributed by atoms with Crippen LogP contribution in [0, 0.1) is 11.3 Å². The summed E-state index contributed by atoms with van der Waals surface area (Å²) in [5, 5.41) is 0. The van der Waals surface area contributed by atoms with Crippen molar-refractivity contribution < 1.29 is 4.79 Å². The van der Waals surface area contributed by atoms with Gasteiger partial charge in [-0.25, -0.2) is 4.98 Å². The lowest BCUT2D eigenvalue weighted by Gasteiger charge is -2.57. The molecule has 1 fully saturated rings. The molecule has 94 valence electrons. The Morgan fingerprint density at radius 2 is 2.17 bits per heavy atom. The van der Waals surface area contributed by atoms with Gasteiger partial charge in [-0.15, -0.1) is 0 Å². The summed E-state index contributed by atoms with van der Waals surface area (Å²) in [6.45, 7) is 4.78. The summed E-state index contributed by atoms with van der Waals surface area (Å²) in [6.07, 6.45) is 5.14. The lowest BCUT2D eigenvalue weighted by Crippen LogP contribution is -2.48. The molecule has 5 rings (SSSR count). The van der Waals surface area contributed by atoms with E-state index in [1.165, 1.54) is 23.2 Å². The Kier molecular flexibility index (Phi) is 1.92. The molecule has 0 unspecified atom stereocenters. The normalized spacial score (nSPS) is 31.3. The van der Waals surface area contributed by atoms with Crippen LogP contribution in [-0.2, 0) is 12.8 Å². The molecule has 1 heterocycles. The first-order valence-corrected chi connectivity index (χ1v) is 7.13. The average Bonchev–Trinajstić information content (AvgIpc) is 2.36. The topological polar surface area (TPSA) is 30.0 Å². The van der Waals surface area contributed by atoms with Crippen molar-refractivity contribution in [2.45, 2.75) is 51.9 Å². The Bertz CT molecular complexity index is 558. The van der Waals surface area contributed by atoms with Crippen LogP contribution in [0.25, 0.3) is 0 Å². The van der Waals surface area contributed by atoms with Gasteiger partial charge in [0.15, 0.2) is 5.78 Å². The highest BCUT2D eigenvalue weighted by molar-refractivity contribution is 5.96. The van der Waals surface area contributed by atoms with Gasteiger partial charge < -0.3 is 0 Å². The minimum atomic E-state index is 0.262. The Morgan fingerprint density at radius 3 is 2.94 bits per heavy atom. The molecule has 0 saturated heterocycles. The van der Waals surface area contributed by atoms with Crippen molar-refractivity contribution >= 4 is 5.78 Å². The molecule has 4 aliphatic rings. The van der Waals surface area contributed by atoms with E-state index in [-0.39, 0.29) is 5.78 Å². The second-order valence-electron chi connectivity index (χ2n) is 6.82. The Hall–Kier alpha value is -1.18. The van der Waals surface area contributed by atoms with Crippen LogP contribution in [0.3, 0.4) is 0 Å². The summed E-state index contributed by atoms with van der Waals surface area (Å²) in [4.78, 5) is 16.7. The molecule has 2 bridgehead atoms. The number of rotatable bonds is 0. The minimum absolute atomic E-state index is 0.262. The van der Waals surface area contributed by atoms with E-state index in [2.05, 4.69) is 19.9 Å². The van der Waals surface area contributed by atoms with E-state index in [0.29, 0.717) is 17.8 Å². The predicted octanol–water partition coefficient (Wildman–Crippen LogP) is 3.29. The smallest absolute Gasteiger partial charge is 0.181 e. The molecule has 0 aliphatic heterocycles. The molecular formula is C16H19NO. The van der Waals surface area contributed by atoms with Crippen molar-refractivity contribution in [3.05, 3.63) is 28.6 Å². The second-order valence-corrected chi connectivity index (χ2v) is 6.82. The first-order chi connectivity index (χ1) is 8.57. The second kappa shape index (κ2) is 3.23. The molecule has 1 saturated carbocycles. The van der Waals surface area contributed by atoms with Crippen LogP contribution in [0.15, 0.2) is 6.07 Å². The van der Waals surface area contributed by atoms with Gasteiger partial charge in [-0.1, -0.05) is 19.9 Å². The molecule has 0 radical (unpaired) electrons. The molecule has 4 aliphatic carbocycles. The number of carbonyl (C=O) groups excluding carboxylic acids is 1. The lowest BCUT2D eigenvalue weighted by atomic mass is 9.48. The van der Waals surface area contributed by atoms with E-state index in [9.17, 15) is 4.79 Å². The number of nitrogens with zero attached hydrogens (tertiary/aromatic N) is 1. The first-order valence-electron chi connectivity index (χ1n) is 7.13. The maximum absolute atomic E-state index is 11.9. The molecule has 1 aromatic heterocycles. The zero-order valence-corrected chi connectivity index (χ0v) is 11.1. The number of ketones is 1. The average molecular weight is 241 g/mol. The zero-order chi connectivity index (χ0) is 12.5. The highest BCUT2D eigenvalue weighted by Crippen LogP contribution is 2.62. The fraction of sp³-hybridized carbons (Fsp3) is 0.625. The molecular weight excluding hydrogens is 222 g/mol. The number of aromatic nitrogens is 1. The van der Waals surface area contributed by atoms with Gasteiger partial charge in [0.2, 0.25) is 0 Å². The molecule has 18 heavy (non-hydrogen) atoms. The van der Waals surface area contributed by atoms with E-state index in [0.717, 1.165) is 30.9 Å². The highest BCUT2D eigenvalue weighted by atomic mass is 16.1. The summed E-state index contributed by atoms with van der Waals surface area (Å²) in [5.41, 5.74) is 5.13. The predicted molar refractivity (Wildman–Crippen MR) is 69.8 cm³/mol. The molecule has 2 heteroatoms. The Labute approximate surface area is 108 Å². The summed E-state index contributed by atoms with van der Waals surface area (Å²) in [7, 11) is 0. The SMILES string of the molecule is CC1(C)[C@@H]2Cc3nc4c(cc3[C@H]1C2)CCCC4=O. The largest absolute Gasteiger partial charge is 0.292 e. The third kappa shape index (κ3) is 1.19. The summed E-state index contributed by atoms with van der Waals surface area (Å²) in [5.74, 6) is 1.72. The van der Waals surface area contributed by atoms with Gasteiger partial charge in [-0.2, -0.15) is 0 Å². The maximum Gasteiger partial charge on any atom is 0.181 e. The third-order valence-electron chi connectivity index (χ3n) is 5.61. The van der Waals surface area contributed by atoms with Gasteiger partial charge >= 0.3 is 0 Å². The van der Waals surface area contributed by atoms with E-state index in [1.54, 1.807) is 0 Å². The van der Waals surface area contributed by atoms with Gasteiger partial charge in [0.25, 0.3) is 0 Å². The van der Waals surface area contributed by atoms with Crippen molar-refractivity contribution in [3.8, 4) is 0 Å². The van der Waals surface area contributed by atoms with Crippen LogP contribution < -0.4 is 0 Å². The number of hydrogen-bond donors (Lipinski definition) is 0. The number of hydrogen-bond acceptors (Lipinski definition) is 2. The fourth-order valence-corrected chi connectivity index (χ4v) is 4.19. The number of Topliss-reactive ketones (excluding diaryl/α,β-unsaturated/α-hetero) is 1. The van der Waals surface area contributed by atoms with Crippen molar-refractivity contribution in [2.75, 3.05) is 0 Å². The van der Waals surface area contributed by atoms with Crippen LogP contribution in [0.5, 0.6) is 0 Å². The standard InChI is InChI=1S/C16H19NO/c1-16(2)10-7-12(16)11-6-9-4-3-5-14(18)15(9)17-13(11)8-10/h6,10,12H,3-5,7-8H2,1-2H3/t10-,12+/m0/s1. The van der Waals surface area contributed by atoms with Gasteiger partial charge in [0.1, 0.15) is 5.69 Å². The quantitative estimate of drug-likeness (QED) is 0.697.